The lowest BCUT2D eigenvalue weighted by molar-refractivity contribution is -0.212. The molecular formula is C8H13NO3. The minimum atomic E-state index is -0.450. The fourth-order valence-corrected chi connectivity index (χ4v) is 1.04. The fourth-order valence-electron chi connectivity index (χ4n) is 1.04. The van der Waals surface area contributed by atoms with E-state index in [-0.39, 0.29) is 6.79 Å². The Bertz CT molecular complexity index is 164. The van der Waals surface area contributed by atoms with Crippen LogP contribution in [0.4, 0.5) is 0 Å². The van der Waals surface area contributed by atoms with Crippen LogP contribution < -0.4 is 0 Å². The van der Waals surface area contributed by atoms with E-state index in [9.17, 15) is 4.79 Å². The Kier molecular flexibility index (Phi) is 3.76. The molecule has 0 amide bonds. The zero-order chi connectivity index (χ0) is 8.81. The Balaban J connectivity index is 2.01. The minimum Gasteiger partial charge on any atom is -0.434 e. The number of esters is 1. The van der Waals surface area contributed by atoms with E-state index >= 15 is 0 Å². The van der Waals surface area contributed by atoms with Gasteiger partial charge in [0.25, 0.3) is 0 Å². The van der Waals surface area contributed by atoms with Crippen molar-refractivity contribution in [2.24, 2.45) is 0 Å². The molecule has 1 aliphatic rings. The van der Waals surface area contributed by atoms with Gasteiger partial charge in [0, 0.05) is 19.2 Å². The SMILES string of the molecule is C=CC(=O)OCON1CCCC1. The van der Waals surface area contributed by atoms with Crippen LogP contribution in [0.15, 0.2) is 12.7 Å². The smallest absolute Gasteiger partial charge is 0.332 e. The molecule has 1 heterocycles. The number of carbonyl (C=O) groups excluding carboxylic acids is 1. The summed E-state index contributed by atoms with van der Waals surface area (Å²) >= 11 is 0. The number of rotatable bonds is 4. The summed E-state index contributed by atoms with van der Waals surface area (Å²) in [5, 5.41) is 1.80. The third-order valence-corrected chi connectivity index (χ3v) is 1.67. The third-order valence-electron chi connectivity index (χ3n) is 1.67. The van der Waals surface area contributed by atoms with Crippen molar-refractivity contribution in [3.63, 3.8) is 0 Å². The second-order valence-corrected chi connectivity index (χ2v) is 2.55. The predicted molar refractivity (Wildman–Crippen MR) is 43.0 cm³/mol. The lowest BCUT2D eigenvalue weighted by atomic mass is 10.4. The molecule has 4 heteroatoms. The van der Waals surface area contributed by atoms with E-state index in [2.05, 4.69) is 11.3 Å². The van der Waals surface area contributed by atoms with Crippen molar-refractivity contribution in [3.05, 3.63) is 12.7 Å². The Morgan fingerprint density at radius 2 is 2.17 bits per heavy atom. The second-order valence-electron chi connectivity index (χ2n) is 2.55. The van der Waals surface area contributed by atoms with Crippen molar-refractivity contribution >= 4 is 5.97 Å². The highest BCUT2D eigenvalue weighted by Gasteiger charge is 2.11. The van der Waals surface area contributed by atoms with E-state index in [1.54, 1.807) is 5.06 Å². The third kappa shape index (κ3) is 3.02. The number of hydroxylamine groups is 2. The topological polar surface area (TPSA) is 38.8 Å². The fraction of sp³-hybridized carbons (Fsp3) is 0.625. The molecule has 0 atom stereocenters. The van der Waals surface area contributed by atoms with E-state index in [0.29, 0.717) is 0 Å². The largest absolute Gasteiger partial charge is 0.434 e. The van der Waals surface area contributed by atoms with Gasteiger partial charge in [0.15, 0.2) is 0 Å². The van der Waals surface area contributed by atoms with Crippen LogP contribution >= 0.6 is 0 Å². The molecule has 0 radical (unpaired) electrons. The lowest BCUT2D eigenvalue weighted by Gasteiger charge is -2.13. The van der Waals surface area contributed by atoms with Gasteiger partial charge in [0.1, 0.15) is 0 Å². The monoisotopic (exact) mass is 171 g/mol. The molecule has 1 rings (SSSR count). The van der Waals surface area contributed by atoms with Crippen LogP contribution in [-0.4, -0.2) is 30.9 Å². The van der Waals surface area contributed by atoms with Gasteiger partial charge in [-0.25, -0.2) is 4.79 Å². The zero-order valence-electron chi connectivity index (χ0n) is 6.99. The summed E-state index contributed by atoms with van der Waals surface area (Å²) in [6, 6.07) is 0. The van der Waals surface area contributed by atoms with Gasteiger partial charge in [-0.05, 0) is 12.8 Å². The van der Waals surface area contributed by atoms with E-state index in [1.165, 1.54) is 0 Å². The maximum atomic E-state index is 10.5. The number of carbonyl (C=O) groups is 1. The lowest BCUT2D eigenvalue weighted by Crippen LogP contribution is -2.22. The van der Waals surface area contributed by atoms with Gasteiger partial charge in [-0.15, -0.1) is 0 Å². The van der Waals surface area contributed by atoms with Crippen LogP contribution in [0.3, 0.4) is 0 Å². The maximum Gasteiger partial charge on any atom is 0.332 e. The van der Waals surface area contributed by atoms with E-state index < -0.39 is 5.97 Å². The van der Waals surface area contributed by atoms with Gasteiger partial charge < -0.3 is 4.74 Å². The molecule has 0 spiro atoms. The summed E-state index contributed by atoms with van der Waals surface area (Å²) in [7, 11) is 0. The Hall–Kier alpha value is -0.870. The van der Waals surface area contributed by atoms with Crippen LogP contribution in [0.25, 0.3) is 0 Å². The van der Waals surface area contributed by atoms with Crippen LogP contribution in [0.2, 0.25) is 0 Å². The number of hydrogen-bond acceptors (Lipinski definition) is 4. The Morgan fingerprint density at radius 1 is 1.50 bits per heavy atom. The van der Waals surface area contributed by atoms with Gasteiger partial charge >= 0.3 is 5.97 Å². The highest BCUT2D eigenvalue weighted by molar-refractivity contribution is 5.81. The van der Waals surface area contributed by atoms with Crippen LogP contribution in [-0.2, 0) is 14.4 Å². The van der Waals surface area contributed by atoms with Gasteiger partial charge in [-0.2, -0.15) is 5.06 Å². The molecule has 68 valence electrons. The number of nitrogens with zero attached hydrogens (tertiary/aromatic N) is 1. The first-order valence-electron chi connectivity index (χ1n) is 4.00. The van der Waals surface area contributed by atoms with Crippen LogP contribution in [0, 0.1) is 0 Å². The van der Waals surface area contributed by atoms with E-state index in [4.69, 9.17) is 4.84 Å². The first kappa shape index (κ1) is 9.22. The maximum absolute atomic E-state index is 10.5. The first-order valence-corrected chi connectivity index (χ1v) is 4.00. The van der Waals surface area contributed by atoms with Gasteiger partial charge in [0.05, 0.1) is 0 Å². The Labute approximate surface area is 71.7 Å². The molecule has 1 aliphatic heterocycles. The van der Waals surface area contributed by atoms with Crippen molar-refractivity contribution in [1.29, 1.82) is 0 Å². The Morgan fingerprint density at radius 3 is 2.75 bits per heavy atom. The highest BCUT2D eigenvalue weighted by atomic mass is 16.8. The molecule has 12 heavy (non-hydrogen) atoms. The van der Waals surface area contributed by atoms with Gasteiger partial charge in [-0.1, -0.05) is 6.58 Å². The number of ether oxygens (including phenoxy) is 1. The van der Waals surface area contributed by atoms with Crippen molar-refractivity contribution in [2.75, 3.05) is 19.9 Å². The standard InChI is InChI=1S/C8H13NO3/c1-2-8(10)11-7-12-9-5-3-4-6-9/h2H,1,3-7H2. The second kappa shape index (κ2) is 4.90. The summed E-state index contributed by atoms with van der Waals surface area (Å²) in [5.74, 6) is -0.450. The number of hydrogen-bond donors (Lipinski definition) is 0. The molecule has 0 N–H and O–H groups in total. The normalized spacial score (nSPS) is 17.7. The predicted octanol–water partition coefficient (Wildman–Crippen LogP) is 0.700. The average Bonchev–Trinajstić information content (AvgIpc) is 2.57. The summed E-state index contributed by atoms with van der Waals surface area (Å²) < 4.78 is 4.63. The quantitative estimate of drug-likeness (QED) is 0.354. The van der Waals surface area contributed by atoms with Crippen LogP contribution in [0.5, 0.6) is 0 Å². The molecule has 0 bridgehead atoms. The molecule has 0 unspecified atom stereocenters. The minimum absolute atomic E-state index is 0.00907. The van der Waals surface area contributed by atoms with Gasteiger partial charge in [-0.3, -0.25) is 4.84 Å². The molecule has 0 aromatic rings. The summed E-state index contributed by atoms with van der Waals surface area (Å²) in [5.41, 5.74) is 0. The first-order chi connectivity index (χ1) is 5.83. The summed E-state index contributed by atoms with van der Waals surface area (Å²) in [4.78, 5) is 15.7. The molecule has 0 aliphatic carbocycles. The molecule has 4 nitrogen and oxygen atoms in total. The van der Waals surface area contributed by atoms with E-state index in [1.807, 2.05) is 0 Å². The molecule has 0 aromatic carbocycles. The van der Waals surface area contributed by atoms with Gasteiger partial charge in [0.2, 0.25) is 6.79 Å². The van der Waals surface area contributed by atoms with Crippen molar-refractivity contribution in [2.45, 2.75) is 12.8 Å². The van der Waals surface area contributed by atoms with E-state index in [0.717, 1.165) is 32.0 Å². The molecular weight excluding hydrogens is 158 g/mol. The molecule has 1 saturated heterocycles. The molecule has 0 saturated carbocycles. The molecule has 1 fully saturated rings. The van der Waals surface area contributed by atoms with Crippen molar-refractivity contribution in [3.8, 4) is 0 Å². The zero-order valence-corrected chi connectivity index (χ0v) is 6.99. The van der Waals surface area contributed by atoms with Crippen molar-refractivity contribution in [1.82, 2.24) is 5.06 Å². The molecule has 0 aromatic heterocycles. The summed E-state index contributed by atoms with van der Waals surface area (Å²) in [6.45, 7) is 5.10. The van der Waals surface area contributed by atoms with Crippen LogP contribution in [0.1, 0.15) is 12.8 Å². The van der Waals surface area contributed by atoms with Crippen molar-refractivity contribution < 1.29 is 14.4 Å². The summed E-state index contributed by atoms with van der Waals surface area (Å²) in [6.07, 6.45) is 3.41. The highest BCUT2D eigenvalue weighted by Crippen LogP contribution is 2.06. The average molecular weight is 171 g/mol.